The molecular weight excluding hydrogens is 474 g/mol. The van der Waals surface area contributed by atoms with Crippen LogP contribution in [0.3, 0.4) is 0 Å². The Morgan fingerprint density at radius 1 is 0.947 bits per heavy atom. The van der Waals surface area contributed by atoms with E-state index in [9.17, 15) is 9.59 Å². The molecule has 1 heterocycles. The summed E-state index contributed by atoms with van der Waals surface area (Å²) in [6.45, 7) is 7.26. The number of nitrogens with zero attached hydrogens (tertiary/aromatic N) is 3. The molecule has 0 radical (unpaired) electrons. The first-order valence-corrected chi connectivity index (χ1v) is 13.6. The van der Waals surface area contributed by atoms with Gasteiger partial charge in [-0.3, -0.25) is 14.2 Å². The minimum atomic E-state index is -0.390. The minimum Gasteiger partial charge on any atom is -0.494 e. The monoisotopic (exact) mass is 511 g/mol. The highest BCUT2D eigenvalue weighted by molar-refractivity contribution is 5.79. The molecule has 4 aromatic rings. The summed E-state index contributed by atoms with van der Waals surface area (Å²) in [5.74, 6) is 1.37. The molecule has 0 spiro atoms. The molecule has 0 aliphatic heterocycles. The van der Waals surface area contributed by atoms with E-state index >= 15 is 0 Å². The van der Waals surface area contributed by atoms with Crippen LogP contribution in [0, 0.1) is 0 Å². The first-order valence-electron chi connectivity index (χ1n) is 13.6. The summed E-state index contributed by atoms with van der Waals surface area (Å²) in [7, 11) is 0. The average molecular weight is 512 g/mol. The molecule has 1 amide bonds. The number of carbonyl (C=O) groups is 1. The number of unbranched alkanes of at least 4 members (excludes halogenated alkanes) is 2. The van der Waals surface area contributed by atoms with Gasteiger partial charge in [0.15, 0.2) is 0 Å². The predicted octanol–water partition coefficient (Wildman–Crippen LogP) is 6.50. The number of amides is 1. The lowest BCUT2D eigenvalue weighted by atomic mass is 10.1. The normalized spacial score (nSPS) is 11.9. The van der Waals surface area contributed by atoms with Crippen molar-refractivity contribution in [3.8, 4) is 11.4 Å². The molecule has 1 aromatic heterocycles. The third-order valence-electron chi connectivity index (χ3n) is 6.84. The van der Waals surface area contributed by atoms with Crippen molar-refractivity contribution >= 4 is 16.8 Å². The summed E-state index contributed by atoms with van der Waals surface area (Å²) >= 11 is 0. The third-order valence-corrected chi connectivity index (χ3v) is 6.84. The van der Waals surface area contributed by atoms with E-state index in [1.54, 1.807) is 10.6 Å². The molecule has 1 atom stereocenters. The highest BCUT2D eigenvalue weighted by Gasteiger charge is 2.26. The van der Waals surface area contributed by atoms with Gasteiger partial charge < -0.3 is 9.64 Å². The Morgan fingerprint density at radius 2 is 1.66 bits per heavy atom. The lowest BCUT2D eigenvalue weighted by molar-refractivity contribution is -0.133. The van der Waals surface area contributed by atoms with Gasteiger partial charge in [0.25, 0.3) is 5.56 Å². The van der Waals surface area contributed by atoms with Gasteiger partial charge in [0.1, 0.15) is 11.6 Å². The summed E-state index contributed by atoms with van der Waals surface area (Å²) in [6.07, 6.45) is 4.07. The Kier molecular flexibility index (Phi) is 9.30. The summed E-state index contributed by atoms with van der Waals surface area (Å²) in [5.41, 5.74) is 2.32. The van der Waals surface area contributed by atoms with Crippen LogP contribution in [0.1, 0.15) is 63.9 Å². The molecule has 0 N–H and O–H groups in total. The van der Waals surface area contributed by atoms with Gasteiger partial charge in [-0.2, -0.15) is 0 Å². The quantitative estimate of drug-likeness (QED) is 0.204. The zero-order valence-electron chi connectivity index (χ0n) is 22.6. The van der Waals surface area contributed by atoms with Crippen molar-refractivity contribution in [2.75, 3.05) is 13.2 Å². The highest BCUT2D eigenvalue weighted by Crippen LogP contribution is 2.25. The molecule has 0 fully saturated rings. The maximum Gasteiger partial charge on any atom is 0.266 e. The fourth-order valence-electron chi connectivity index (χ4n) is 4.78. The zero-order valence-corrected chi connectivity index (χ0v) is 22.6. The highest BCUT2D eigenvalue weighted by atomic mass is 16.5. The first-order chi connectivity index (χ1) is 18.5. The van der Waals surface area contributed by atoms with E-state index in [1.807, 2.05) is 91.5 Å². The van der Waals surface area contributed by atoms with Gasteiger partial charge in [-0.25, -0.2) is 4.98 Å². The molecule has 0 saturated carbocycles. The van der Waals surface area contributed by atoms with Crippen LogP contribution >= 0.6 is 0 Å². The predicted molar refractivity (Wildman–Crippen MR) is 153 cm³/mol. The molecule has 4 rings (SSSR count). The number of hydrogen-bond acceptors (Lipinski definition) is 4. The van der Waals surface area contributed by atoms with Gasteiger partial charge >= 0.3 is 0 Å². The molecule has 6 nitrogen and oxygen atoms in total. The number of benzene rings is 3. The fraction of sp³-hybridized carbons (Fsp3) is 0.344. The van der Waals surface area contributed by atoms with E-state index in [0.717, 1.165) is 30.6 Å². The second-order valence-electron chi connectivity index (χ2n) is 9.51. The Balaban J connectivity index is 1.75. The van der Waals surface area contributed by atoms with Gasteiger partial charge in [-0.05, 0) is 68.7 Å². The smallest absolute Gasteiger partial charge is 0.266 e. The number of carbonyl (C=O) groups excluding carboxylic acids is 1. The summed E-state index contributed by atoms with van der Waals surface area (Å²) in [5, 5.41) is 0.547. The van der Waals surface area contributed by atoms with Crippen LogP contribution in [0.15, 0.2) is 83.7 Å². The number of aromatic nitrogens is 2. The summed E-state index contributed by atoms with van der Waals surface area (Å²) in [4.78, 5) is 34.3. The molecule has 6 heteroatoms. The minimum absolute atomic E-state index is 0.0677. The van der Waals surface area contributed by atoms with Gasteiger partial charge in [-0.15, -0.1) is 0 Å². The fourth-order valence-corrected chi connectivity index (χ4v) is 4.78. The molecule has 1 unspecified atom stereocenters. The number of aryl methyl sites for hydroxylation is 1. The number of rotatable bonds is 12. The van der Waals surface area contributed by atoms with Crippen LogP contribution in [-0.4, -0.2) is 33.5 Å². The maximum absolute atomic E-state index is 13.8. The summed E-state index contributed by atoms with van der Waals surface area (Å²) < 4.78 is 7.26. The van der Waals surface area contributed by atoms with E-state index in [1.165, 1.54) is 0 Å². The van der Waals surface area contributed by atoms with Crippen LogP contribution < -0.4 is 10.3 Å². The summed E-state index contributed by atoms with van der Waals surface area (Å²) in [6, 6.07) is 24.5. The van der Waals surface area contributed by atoms with Gasteiger partial charge in [-0.1, -0.05) is 62.2 Å². The van der Waals surface area contributed by atoms with E-state index < -0.39 is 0 Å². The van der Waals surface area contributed by atoms with Crippen molar-refractivity contribution in [3.63, 3.8) is 0 Å². The number of hydrogen-bond donors (Lipinski definition) is 0. The van der Waals surface area contributed by atoms with Crippen LogP contribution in [0.25, 0.3) is 16.6 Å². The molecular formula is C32H37N3O3. The standard InChI is InChI=1S/C32H37N3O3/c1-4-6-12-23-34(30(36)22-17-25-13-8-7-9-14-25)24(3)31-33-29-16-11-10-15-28(29)32(37)35(31)26-18-20-27(21-19-26)38-5-2/h7-11,13-16,18-21,24H,4-6,12,17,22-23H2,1-3H3. The maximum atomic E-state index is 13.8. The van der Waals surface area contributed by atoms with Crippen LogP contribution in [0.5, 0.6) is 5.75 Å². The van der Waals surface area contributed by atoms with Crippen molar-refractivity contribution in [2.24, 2.45) is 0 Å². The first kappa shape index (κ1) is 27.1. The molecule has 3 aromatic carbocycles. The molecule has 38 heavy (non-hydrogen) atoms. The van der Waals surface area contributed by atoms with Gasteiger partial charge in [0, 0.05) is 13.0 Å². The van der Waals surface area contributed by atoms with E-state index in [-0.39, 0.29) is 17.5 Å². The number of ether oxygens (including phenoxy) is 1. The Hall–Kier alpha value is -3.93. The third kappa shape index (κ3) is 6.31. The molecule has 0 saturated heterocycles. The zero-order chi connectivity index (χ0) is 26.9. The lowest BCUT2D eigenvalue weighted by Gasteiger charge is -2.31. The van der Waals surface area contributed by atoms with Crippen molar-refractivity contribution in [1.29, 1.82) is 0 Å². The lowest BCUT2D eigenvalue weighted by Crippen LogP contribution is -2.38. The van der Waals surface area contributed by atoms with Crippen molar-refractivity contribution < 1.29 is 9.53 Å². The van der Waals surface area contributed by atoms with Crippen LogP contribution in [0.2, 0.25) is 0 Å². The molecule has 0 bridgehead atoms. The largest absolute Gasteiger partial charge is 0.494 e. The molecule has 0 aliphatic carbocycles. The molecule has 198 valence electrons. The second kappa shape index (κ2) is 13.0. The van der Waals surface area contributed by atoms with Crippen molar-refractivity contribution in [1.82, 2.24) is 14.5 Å². The van der Waals surface area contributed by atoms with E-state index in [0.29, 0.717) is 48.4 Å². The van der Waals surface area contributed by atoms with E-state index in [4.69, 9.17) is 9.72 Å². The topological polar surface area (TPSA) is 64.4 Å². The average Bonchev–Trinajstić information content (AvgIpc) is 2.95. The Labute approximate surface area is 224 Å². The number of para-hydroxylation sites is 1. The van der Waals surface area contributed by atoms with Crippen molar-refractivity contribution in [3.05, 3.63) is 101 Å². The van der Waals surface area contributed by atoms with Crippen LogP contribution in [-0.2, 0) is 11.2 Å². The van der Waals surface area contributed by atoms with Crippen molar-refractivity contribution in [2.45, 2.75) is 58.9 Å². The van der Waals surface area contributed by atoms with Gasteiger partial charge in [0.2, 0.25) is 5.91 Å². The number of fused-ring (bicyclic) bond motifs is 1. The Bertz CT molecular complexity index is 1400. The van der Waals surface area contributed by atoms with Crippen LogP contribution in [0.4, 0.5) is 0 Å². The Morgan fingerprint density at radius 3 is 2.37 bits per heavy atom. The second-order valence-corrected chi connectivity index (χ2v) is 9.51. The SMILES string of the molecule is CCCCCN(C(=O)CCc1ccccc1)C(C)c1nc2ccccc2c(=O)n1-c1ccc(OCC)cc1. The van der Waals surface area contributed by atoms with E-state index in [2.05, 4.69) is 6.92 Å². The molecule has 0 aliphatic rings. The van der Waals surface area contributed by atoms with Gasteiger partial charge in [0.05, 0.1) is 29.2 Å².